The van der Waals surface area contributed by atoms with Gasteiger partial charge < -0.3 is 19.7 Å². The molecular formula is C20H22N2O5. The number of rotatable bonds is 6. The van der Waals surface area contributed by atoms with Crippen molar-refractivity contribution in [3.8, 4) is 0 Å². The number of benzene rings is 1. The van der Waals surface area contributed by atoms with E-state index in [0.717, 1.165) is 18.4 Å². The van der Waals surface area contributed by atoms with E-state index in [2.05, 4.69) is 5.32 Å². The number of likely N-dealkylation sites (tertiary alicyclic amines) is 1. The first-order valence-corrected chi connectivity index (χ1v) is 8.98. The second-order valence-electron chi connectivity index (χ2n) is 6.58. The van der Waals surface area contributed by atoms with Gasteiger partial charge in [0.1, 0.15) is 12.1 Å². The quantitative estimate of drug-likeness (QED) is 0.811. The number of piperidine rings is 1. The van der Waals surface area contributed by atoms with E-state index in [-0.39, 0.29) is 18.1 Å². The highest BCUT2D eigenvalue weighted by Crippen LogP contribution is 2.20. The third-order valence-corrected chi connectivity index (χ3v) is 4.70. The standard InChI is InChI=1S/C20H22N2O5/c23-18(21-15(20(25)26)13-14-7-2-1-3-8-14)16-9-4-5-11-22(16)19(24)17-10-6-12-27-17/h1-3,6-8,10,12,15-16H,4-5,9,11,13H2,(H,21,23)(H,25,26). The van der Waals surface area contributed by atoms with E-state index >= 15 is 0 Å². The summed E-state index contributed by atoms with van der Waals surface area (Å²) in [5.41, 5.74) is 0.817. The van der Waals surface area contributed by atoms with Crippen LogP contribution in [0.5, 0.6) is 0 Å². The molecule has 1 fully saturated rings. The second-order valence-corrected chi connectivity index (χ2v) is 6.58. The molecule has 1 aromatic heterocycles. The molecule has 2 heterocycles. The average molecular weight is 370 g/mol. The molecule has 2 amide bonds. The molecule has 2 atom stereocenters. The summed E-state index contributed by atoms with van der Waals surface area (Å²) in [5, 5.41) is 12.1. The molecule has 1 aliphatic heterocycles. The van der Waals surface area contributed by atoms with Crippen molar-refractivity contribution in [2.75, 3.05) is 6.54 Å². The van der Waals surface area contributed by atoms with Gasteiger partial charge in [0.15, 0.2) is 5.76 Å². The Morgan fingerprint density at radius 3 is 2.59 bits per heavy atom. The van der Waals surface area contributed by atoms with E-state index in [1.165, 1.54) is 11.2 Å². The number of hydrogen-bond donors (Lipinski definition) is 2. The van der Waals surface area contributed by atoms with Gasteiger partial charge in [-0.15, -0.1) is 0 Å². The highest BCUT2D eigenvalue weighted by atomic mass is 16.4. The van der Waals surface area contributed by atoms with E-state index in [0.29, 0.717) is 13.0 Å². The molecule has 0 spiro atoms. The van der Waals surface area contributed by atoms with Gasteiger partial charge in [0.05, 0.1) is 6.26 Å². The van der Waals surface area contributed by atoms with Gasteiger partial charge in [0, 0.05) is 13.0 Å². The smallest absolute Gasteiger partial charge is 0.326 e. The number of nitrogens with zero attached hydrogens (tertiary/aromatic N) is 1. The van der Waals surface area contributed by atoms with Gasteiger partial charge in [-0.2, -0.15) is 0 Å². The van der Waals surface area contributed by atoms with Crippen molar-refractivity contribution in [2.45, 2.75) is 37.8 Å². The fourth-order valence-corrected chi connectivity index (χ4v) is 3.31. The minimum absolute atomic E-state index is 0.175. The van der Waals surface area contributed by atoms with Crippen LogP contribution in [0.15, 0.2) is 53.1 Å². The SMILES string of the molecule is O=C(O)C(Cc1ccccc1)NC(=O)C1CCCCN1C(=O)c1ccco1. The van der Waals surface area contributed by atoms with Crippen molar-refractivity contribution in [1.29, 1.82) is 0 Å². The summed E-state index contributed by atoms with van der Waals surface area (Å²) in [7, 11) is 0. The Morgan fingerprint density at radius 2 is 1.93 bits per heavy atom. The van der Waals surface area contributed by atoms with Crippen LogP contribution in [-0.2, 0) is 16.0 Å². The van der Waals surface area contributed by atoms with Crippen molar-refractivity contribution < 1.29 is 23.9 Å². The first kappa shape index (κ1) is 18.7. The van der Waals surface area contributed by atoms with E-state index in [9.17, 15) is 19.5 Å². The molecule has 7 nitrogen and oxygen atoms in total. The van der Waals surface area contributed by atoms with E-state index in [4.69, 9.17) is 4.42 Å². The molecule has 2 unspecified atom stereocenters. The van der Waals surface area contributed by atoms with Gasteiger partial charge in [0.2, 0.25) is 5.91 Å². The predicted molar refractivity (Wildman–Crippen MR) is 97.1 cm³/mol. The third-order valence-electron chi connectivity index (χ3n) is 4.70. The lowest BCUT2D eigenvalue weighted by molar-refractivity contribution is -0.142. The fraction of sp³-hybridized carbons (Fsp3) is 0.350. The van der Waals surface area contributed by atoms with E-state index in [1.807, 2.05) is 30.3 Å². The van der Waals surface area contributed by atoms with Crippen LogP contribution in [0.1, 0.15) is 35.4 Å². The maximum absolute atomic E-state index is 12.8. The minimum atomic E-state index is -1.10. The Balaban J connectivity index is 1.71. The highest BCUT2D eigenvalue weighted by Gasteiger charge is 2.35. The monoisotopic (exact) mass is 370 g/mol. The molecule has 2 aromatic rings. The Labute approximate surface area is 157 Å². The molecule has 142 valence electrons. The minimum Gasteiger partial charge on any atom is -0.480 e. The molecule has 3 rings (SSSR count). The van der Waals surface area contributed by atoms with E-state index in [1.54, 1.807) is 12.1 Å². The number of carbonyl (C=O) groups is 3. The number of furan rings is 1. The maximum Gasteiger partial charge on any atom is 0.326 e. The topological polar surface area (TPSA) is 99.9 Å². The molecule has 2 N–H and O–H groups in total. The van der Waals surface area contributed by atoms with Crippen LogP contribution in [0.25, 0.3) is 0 Å². The predicted octanol–water partition coefficient (Wildman–Crippen LogP) is 2.09. The molecule has 0 bridgehead atoms. The Bertz CT molecular complexity index is 788. The molecule has 1 saturated heterocycles. The molecule has 0 aliphatic carbocycles. The number of hydrogen-bond acceptors (Lipinski definition) is 4. The summed E-state index contributed by atoms with van der Waals surface area (Å²) in [6.07, 6.45) is 3.68. The number of aliphatic carboxylic acids is 1. The summed E-state index contributed by atoms with van der Waals surface area (Å²) in [6.45, 7) is 0.439. The first-order chi connectivity index (χ1) is 13.1. The number of carboxylic acid groups (broad SMARTS) is 1. The van der Waals surface area contributed by atoms with Crippen molar-refractivity contribution in [1.82, 2.24) is 10.2 Å². The van der Waals surface area contributed by atoms with Gasteiger partial charge in [-0.25, -0.2) is 4.79 Å². The zero-order valence-corrected chi connectivity index (χ0v) is 14.8. The lowest BCUT2D eigenvalue weighted by atomic mass is 9.99. The molecule has 1 aromatic carbocycles. The molecule has 27 heavy (non-hydrogen) atoms. The molecular weight excluding hydrogens is 348 g/mol. The zero-order chi connectivity index (χ0) is 19.2. The van der Waals surface area contributed by atoms with Crippen LogP contribution >= 0.6 is 0 Å². The van der Waals surface area contributed by atoms with Crippen LogP contribution in [0, 0.1) is 0 Å². The summed E-state index contributed by atoms with van der Waals surface area (Å²) in [4.78, 5) is 38.5. The van der Waals surface area contributed by atoms with Gasteiger partial charge in [-0.1, -0.05) is 30.3 Å². The Kier molecular flexibility index (Phi) is 5.90. The Morgan fingerprint density at radius 1 is 1.15 bits per heavy atom. The van der Waals surface area contributed by atoms with Gasteiger partial charge in [-0.05, 0) is 37.0 Å². The summed E-state index contributed by atoms with van der Waals surface area (Å²) in [5.74, 6) is -1.73. The van der Waals surface area contributed by atoms with Crippen LogP contribution < -0.4 is 5.32 Å². The van der Waals surface area contributed by atoms with Crippen molar-refractivity contribution in [2.24, 2.45) is 0 Å². The fourth-order valence-electron chi connectivity index (χ4n) is 3.31. The van der Waals surface area contributed by atoms with Crippen LogP contribution in [0.3, 0.4) is 0 Å². The van der Waals surface area contributed by atoms with Crippen LogP contribution in [-0.4, -0.2) is 46.4 Å². The van der Waals surface area contributed by atoms with Gasteiger partial charge >= 0.3 is 5.97 Å². The Hall–Kier alpha value is -3.09. The normalized spacial score (nSPS) is 17.9. The largest absolute Gasteiger partial charge is 0.480 e. The summed E-state index contributed by atoms with van der Waals surface area (Å²) >= 11 is 0. The number of amides is 2. The van der Waals surface area contributed by atoms with Gasteiger partial charge in [-0.3, -0.25) is 9.59 Å². The van der Waals surface area contributed by atoms with Crippen molar-refractivity contribution in [3.63, 3.8) is 0 Å². The van der Waals surface area contributed by atoms with Crippen LogP contribution in [0.2, 0.25) is 0 Å². The average Bonchev–Trinajstić information content (AvgIpc) is 3.22. The second kappa shape index (κ2) is 8.53. The lowest BCUT2D eigenvalue weighted by Crippen LogP contribution is -2.55. The van der Waals surface area contributed by atoms with Crippen molar-refractivity contribution >= 4 is 17.8 Å². The van der Waals surface area contributed by atoms with Gasteiger partial charge in [0.25, 0.3) is 5.91 Å². The van der Waals surface area contributed by atoms with Crippen LogP contribution in [0.4, 0.5) is 0 Å². The molecule has 7 heteroatoms. The number of carbonyl (C=O) groups excluding carboxylic acids is 2. The molecule has 0 radical (unpaired) electrons. The maximum atomic E-state index is 12.8. The van der Waals surface area contributed by atoms with Crippen molar-refractivity contribution in [3.05, 3.63) is 60.1 Å². The number of nitrogens with one attached hydrogen (secondary N) is 1. The molecule has 0 saturated carbocycles. The highest BCUT2D eigenvalue weighted by molar-refractivity contribution is 5.96. The first-order valence-electron chi connectivity index (χ1n) is 8.98. The lowest BCUT2D eigenvalue weighted by Gasteiger charge is -2.34. The summed E-state index contributed by atoms with van der Waals surface area (Å²) in [6, 6.07) is 10.5. The third kappa shape index (κ3) is 4.55. The van der Waals surface area contributed by atoms with E-state index < -0.39 is 24.0 Å². The molecule has 1 aliphatic rings. The number of carboxylic acids is 1. The zero-order valence-electron chi connectivity index (χ0n) is 14.8. The summed E-state index contributed by atoms with van der Waals surface area (Å²) < 4.78 is 5.16.